The molecule has 320 valence electrons. The topological polar surface area (TPSA) is 90.7 Å². The van der Waals surface area contributed by atoms with E-state index in [2.05, 4.69) is 133 Å². The van der Waals surface area contributed by atoms with Gasteiger partial charge in [0, 0.05) is 43.8 Å². The quantitative estimate of drug-likeness (QED) is 0.170. The molecule has 13 aromatic rings. The summed E-state index contributed by atoms with van der Waals surface area (Å²) in [7, 11) is 0. The van der Waals surface area contributed by atoms with Gasteiger partial charge in [0.15, 0.2) is 17.5 Å². The van der Waals surface area contributed by atoms with Crippen molar-refractivity contribution in [2.24, 2.45) is 0 Å². The van der Waals surface area contributed by atoms with Gasteiger partial charge in [-0.3, -0.25) is 0 Å². The van der Waals surface area contributed by atoms with Gasteiger partial charge in [0.1, 0.15) is 22.3 Å². The fraction of sp³-hybridized carbons (Fsp3) is 0.0161. The highest BCUT2D eigenvalue weighted by Crippen LogP contribution is 2.65. The van der Waals surface area contributed by atoms with Crippen LogP contribution in [0.1, 0.15) is 22.3 Å². The van der Waals surface area contributed by atoms with E-state index >= 15 is 0 Å². The van der Waals surface area contributed by atoms with E-state index < -0.39 is 5.41 Å². The standard InChI is InChI=1S/C62H35N5O2/c1-4-16-36(17-5-1)50-35-51(37-18-6-2-7-19-37)64-60(63-50)61-66-58(38-20-8-3-9-21-38)65-59(67-61)39-28-29-44-54(32-39)69-53-31-30-43-45-33-46-42-24-12-15-27-52(42)68-55(46)34-49(45)62(57(43)56(44)53)47-25-13-10-22-40(47)41-23-11-14-26-48(41)62/h1-35H. The summed E-state index contributed by atoms with van der Waals surface area (Å²) in [5, 5.41) is 4.31. The first-order valence-electron chi connectivity index (χ1n) is 23.1. The lowest BCUT2D eigenvalue weighted by Gasteiger charge is -2.31. The Kier molecular flexibility index (Phi) is 7.86. The maximum absolute atomic E-state index is 6.98. The Morgan fingerprint density at radius 3 is 1.54 bits per heavy atom. The largest absolute Gasteiger partial charge is 0.456 e. The number of hydrogen-bond acceptors (Lipinski definition) is 7. The minimum Gasteiger partial charge on any atom is -0.456 e. The summed E-state index contributed by atoms with van der Waals surface area (Å²) in [5.74, 6) is 1.77. The molecule has 0 bridgehead atoms. The van der Waals surface area contributed by atoms with Crippen molar-refractivity contribution in [3.63, 3.8) is 0 Å². The first-order chi connectivity index (χ1) is 34.2. The highest BCUT2D eigenvalue weighted by Gasteiger charge is 2.53. The molecule has 0 radical (unpaired) electrons. The molecular weight excluding hydrogens is 847 g/mol. The number of benzene rings is 9. The third kappa shape index (κ3) is 5.47. The molecule has 69 heavy (non-hydrogen) atoms. The molecule has 2 aliphatic carbocycles. The third-order valence-electron chi connectivity index (χ3n) is 14.2. The van der Waals surface area contributed by atoms with Crippen LogP contribution in [0.25, 0.3) is 123 Å². The highest BCUT2D eigenvalue weighted by atomic mass is 16.3. The molecule has 0 unspecified atom stereocenters. The number of hydrogen-bond donors (Lipinski definition) is 0. The number of furan rings is 2. The fourth-order valence-corrected chi connectivity index (χ4v) is 11.2. The summed E-state index contributed by atoms with van der Waals surface area (Å²) in [6.45, 7) is 0. The third-order valence-corrected chi connectivity index (χ3v) is 14.2. The zero-order valence-corrected chi connectivity index (χ0v) is 36.8. The van der Waals surface area contributed by atoms with E-state index in [-0.39, 0.29) is 0 Å². The van der Waals surface area contributed by atoms with Crippen LogP contribution in [-0.2, 0) is 5.41 Å². The van der Waals surface area contributed by atoms with Gasteiger partial charge in [-0.15, -0.1) is 0 Å². The van der Waals surface area contributed by atoms with Gasteiger partial charge in [0.2, 0.25) is 5.82 Å². The molecule has 7 nitrogen and oxygen atoms in total. The number of para-hydroxylation sites is 1. The lowest BCUT2D eigenvalue weighted by molar-refractivity contribution is 0.666. The molecule has 0 fully saturated rings. The van der Waals surface area contributed by atoms with Crippen LogP contribution in [0, 0.1) is 0 Å². The maximum Gasteiger partial charge on any atom is 0.201 e. The second kappa shape index (κ2) is 14.3. The van der Waals surface area contributed by atoms with E-state index in [1.165, 1.54) is 44.5 Å². The predicted molar refractivity (Wildman–Crippen MR) is 273 cm³/mol. The van der Waals surface area contributed by atoms with Gasteiger partial charge in [0.25, 0.3) is 0 Å². The lowest BCUT2D eigenvalue weighted by atomic mass is 9.69. The van der Waals surface area contributed by atoms with Crippen LogP contribution in [-0.4, -0.2) is 24.9 Å². The Balaban J connectivity index is 0.960. The molecule has 15 rings (SSSR count). The molecular formula is C62H35N5O2. The van der Waals surface area contributed by atoms with Crippen molar-refractivity contribution in [3.05, 3.63) is 235 Å². The second-order valence-electron chi connectivity index (χ2n) is 17.9. The molecule has 0 amide bonds. The Morgan fingerprint density at radius 1 is 0.290 bits per heavy atom. The van der Waals surface area contributed by atoms with Gasteiger partial charge < -0.3 is 8.83 Å². The van der Waals surface area contributed by atoms with Crippen molar-refractivity contribution in [2.45, 2.75) is 5.41 Å². The molecule has 0 aliphatic heterocycles. The van der Waals surface area contributed by atoms with Gasteiger partial charge >= 0.3 is 0 Å². The van der Waals surface area contributed by atoms with E-state index in [0.29, 0.717) is 23.3 Å². The molecule has 1 spiro atoms. The van der Waals surface area contributed by atoms with Crippen LogP contribution in [0.3, 0.4) is 0 Å². The molecule has 4 heterocycles. The van der Waals surface area contributed by atoms with E-state index in [1.54, 1.807) is 0 Å². The van der Waals surface area contributed by atoms with Gasteiger partial charge in [0.05, 0.1) is 16.8 Å². The molecule has 7 heteroatoms. The van der Waals surface area contributed by atoms with E-state index in [0.717, 1.165) is 77.5 Å². The molecule has 0 atom stereocenters. The van der Waals surface area contributed by atoms with Gasteiger partial charge in [-0.05, 0) is 87.0 Å². The normalized spacial score (nSPS) is 13.0. The van der Waals surface area contributed by atoms with E-state index in [9.17, 15) is 0 Å². The smallest absolute Gasteiger partial charge is 0.201 e. The number of nitrogens with zero attached hydrogens (tertiary/aromatic N) is 5. The Bertz CT molecular complexity index is 4150. The van der Waals surface area contributed by atoms with E-state index in [1.807, 2.05) is 78.9 Å². The average molecular weight is 882 g/mol. The minimum absolute atomic E-state index is 0.369. The molecule has 2 aliphatic rings. The predicted octanol–water partition coefficient (Wildman–Crippen LogP) is 15.1. The fourth-order valence-electron chi connectivity index (χ4n) is 11.2. The van der Waals surface area contributed by atoms with Crippen molar-refractivity contribution < 1.29 is 8.83 Å². The van der Waals surface area contributed by atoms with Crippen molar-refractivity contribution in [2.75, 3.05) is 0 Å². The van der Waals surface area contributed by atoms with Crippen LogP contribution < -0.4 is 0 Å². The van der Waals surface area contributed by atoms with Crippen LogP contribution in [0.5, 0.6) is 0 Å². The Labute approximate surface area is 395 Å². The van der Waals surface area contributed by atoms with Crippen LogP contribution >= 0.6 is 0 Å². The van der Waals surface area contributed by atoms with Crippen molar-refractivity contribution >= 4 is 43.9 Å². The number of fused-ring (bicyclic) bond motifs is 17. The first kappa shape index (κ1) is 37.8. The van der Waals surface area contributed by atoms with Gasteiger partial charge in [-0.25, -0.2) is 24.9 Å². The first-order valence-corrected chi connectivity index (χ1v) is 23.1. The zero-order chi connectivity index (χ0) is 45.2. The molecule has 4 aromatic heterocycles. The second-order valence-corrected chi connectivity index (χ2v) is 17.9. The van der Waals surface area contributed by atoms with Gasteiger partial charge in [-0.2, -0.15) is 0 Å². The summed E-state index contributed by atoms with van der Waals surface area (Å²) in [6.07, 6.45) is 0. The molecule has 9 aromatic carbocycles. The highest BCUT2D eigenvalue weighted by molar-refractivity contribution is 6.16. The molecule has 0 N–H and O–H groups in total. The van der Waals surface area contributed by atoms with Crippen molar-refractivity contribution in [1.29, 1.82) is 0 Å². The Morgan fingerprint density at radius 2 is 0.841 bits per heavy atom. The zero-order valence-electron chi connectivity index (χ0n) is 36.8. The molecule has 0 saturated heterocycles. The van der Waals surface area contributed by atoms with Crippen molar-refractivity contribution in [3.8, 4) is 79.2 Å². The lowest BCUT2D eigenvalue weighted by Crippen LogP contribution is -2.26. The summed E-state index contributed by atoms with van der Waals surface area (Å²) >= 11 is 0. The van der Waals surface area contributed by atoms with E-state index in [4.69, 9.17) is 33.8 Å². The summed E-state index contributed by atoms with van der Waals surface area (Å²) < 4.78 is 13.6. The summed E-state index contributed by atoms with van der Waals surface area (Å²) in [6, 6.07) is 73.8. The Hall–Kier alpha value is -9.33. The van der Waals surface area contributed by atoms with Gasteiger partial charge in [-0.1, -0.05) is 170 Å². The van der Waals surface area contributed by atoms with Crippen LogP contribution in [0.4, 0.5) is 0 Å². The average Bonchev–Trinajstić information content (AvgIpc) is 4.15. The van der Waals surface area contributed by atoms with Crippen LogP contribution in [0.2, 0.25) is 0 Å². The van der Waals surface area contributed by atoms with Crippen LogP contribution in [0.15, 0.2) is 221 Å². The number of aromatic nitrogens is 5. The monoisotopic (exact) mass is 881 g/mol. The maximum atomic E-state index is 6.98. The SMILES string of the molecule is c1ccc(-c2cc(-c3ccccc3)nc(-c3nc(-c4ccccc4)nc(-c4ccc5c(c4)oc4ccc6c(c45)C4(c5ccccc5-c5ccccc54)c4cc5oc7ccccc7c5cc4-6)n3)n2)cc1. The number of rotatable bonds is 5. The summed E-state index contributed by atoms with van der Waals surface area (Å²) in [4.78, 5) is 25.6. The van der Waals surface area contributed by atoms with Crippen molar-refractivity contribution in [1.82, 2.24) is 24.9 Å². The molecule has 0 saturated carbocycles. The minimum atomic E-state index is -0.638. The summed E-state index contributed by atoms with van der Waals surface area (Å²) in [5.41, 5.74) is 17.6.